The summed E-state index contributed by atoms with van der Waals surface area (Å²) in [7, 11) is 0. The van der Waals surface area contributed by atoms with Gasteiger partial charge in [-0.05, 0) is 30.0 Å². The van der Waals surface area contributed by atoms with Gasteiger partial charge in [0.05, 0.1) is 0 Å². The van der Waals surface area contributed by atoms with Gasteiger partial charge in [-0.25, -0.2) is 0 Å². The Morgan fingerprint density at radius 3 is 2.95 bits per heavy atom. The van der Waals surface area contributed by atoms with Crippen molar-refractivity contribution in [3.05, 3.63) is 42.2 Å². The molecule has 0 radical (unpaired) electrons. The maximum Gasteiger partial charge on any atom is 0.251 e. The van der Waals surface area contributed by atoms with Crippen LogP contribution in [0.4, 0.5) is 0 Å². The van der Waals surface area contributed by atoms with Crippen molar-refractivity contribution in [3.8, 4) is 0 Å². The van der Waals surface area contributed by atoms with E-state index in [0.29, 0.717) is 31.5 Å². The van der Waals surface area contributed by atoms with Gasteiger partial charge in [0, 0.05) is 36.4 Å². The molecule has 1 aromatic heterocycles. The average Bonchev–Trinajstić information content (AvgIpc) is 2.46. The monoisotopic (exact) mass is 257 g/mol. The highest BCUT2D eigenvalue weighted by atomic mass is 16.1. The first-order valence-electron chi connectivity index (χ1n) is 6.10. The lowest BCUT2D eigenvalue weighted by Gasteiger charge is -2.06. The average molecular weight is 257 g/mol. The Morgan fingerprint density at radius 2 is 2.11 bits per heavy atom. The molecular formula is C14H15N3O2. The molecule has 2 N–H and O–H groups in total. The van der Waals surface area contributed by atoms with E-state index in [1.165, 1.54) is 0 Å². The van der Waals surface area contributed by atoms with Gasteiger partial charge in [0.15, 0.2) is 0 Å². The number of nitrogens with one attached hydrogen (secondary N) is 2. The lowest BCUT2D eigenvalue weighted by molar-refractivity contribution is -0.109. The maximum absolute atomic E-state index is 11.9. The molecule has 0 saturated heterocycles. The van der Waals surface area contributed by atoms with Gasteiger partial charge in [0.2, 0.25) is 6.41 Å². The fourth-order valence-electron chi connectivity index (χ4n) is 1.78. The topological polar surface area (TPSA) is 71.1 Å². The minimum atomic E-state index is -0.107. The molecule has 0 saturated carbocycles. The zero-order valence-electron chi connectivity index (χ0n) is 10.4. The van der Waals surface area contributed by atoms with E-state index in [9.17, 15) is 9.59 Å². The van der Waals surface area contributed by atoms with E-state index < -0.39 is 0 Å². The van der Waals surface area contributed by atoms with Crippen molar-refractivity contribution >= 4 is 23.1 Å². The van der Waals surface area contributed by atoms with Crippen molar-refractivity contribution in [2.75, 3.05) is 13.1 Å². The van der Waals surface area contributed by atoms with Crippen LogP contribution in [0.25, 0.3) is 10.8 Å². The predicted molar refractivity (Wildman–Crippen MR) is 72.8 cm³/mol. The van der Waals surface area contributed by atoms with Crippen LogP contribution in [0, 0.1) is 0 Å². The van der Waals surface area contributed by atoms with Crippen LogP contribution < -0.4 is 10.6 Å². The number of carbonyl (C=O) groups is 2. The summed E-state index contributed by atoms with van der Waals surface area (Å²) in [5.41, 5.74) is 0.627. The summed E-state index contributed by atoms with van der Waals surface area (Å²) in [5, 5.41) is 7.36. The molecule has 1 heterocycles. The van der Waals surface area contributed by atoms with Crippen molar-refractivity contribution in [2.45, 2.75) is 6.42 Å². The van der Waals surface area contributed by atoms with Crippen LogP contribution in [-0.2, 0) is 4.79 Å². The molecule has 0 atom stereocenters. The van der Waals surface area contributed by atoms with Gasteiger partial charge >= 0.3 is 0 Å². The van der Waals surface area contributed by atoms with Gasteiger partial charge in [-0.2, -0.15) is 0 Å². The highest BCUT2D eigenvalue weighted by molar-refractivity contribution is 5.98. The molecule has 0 aliphatic heterocycles. The quantitative estimate of drug-likeness (QED) is 0.601. The van der Waals surface area contributed by atoms with E-state index in [1.54, 1.807) is 18.5 Å². The number of amides is 2. The minimum absolute atomic E-state index is 0.107. The zero-order chi connectivity index (χ0) is 13.5. The molecule has 5 nitrogen and oxygen atoms in total. The van der Waals surface area contributed by atoms with Crippen LogP contribution in [0.15, 0.2) is 36.7 Å². The number of fused-ring (bicyclic) bond motifs is 1. The van der Waals surface area contributed by atoms with Crippen LogP contribution in [0.3, 0.4) is 0 Å². The fraction of sp³-hybridized carbons (Fsp3) is 0.214. The Kier molecular flexibility index (Phi) is 4.44. The molecule has 5 heteroatoms. The summed E-state index contributed by atoms with van der Waals surface area (Å²) in [6.45, 7) is 1.10. The van der Waals surface area contributed by atoms with Crippen LogP contribution >= 0.6 is 0 Å². The van der Waals surface area contributed by atoms with Gasteiger partial charge in [-0.15, -0.1) is 0 Å². The van der Waals surface area contributed by atoms with Crippen LogP contribution in [0.5, 0.6) is 0 Å². The third-order valence-corrected chi connectivity index (χ3v) is 2.77. The molecule has 0 unspecified atom stereocenters. The first-order valence-corrected chi connectivity index (χ1v) is 6.10. The lowest BCUT2D eigenvalue weighted by atomic mass is 10.1. The summed E-state index contributed by atoms with van der Waals surface area (Å²) >= 11 is 0. The van der Waals surface area contributed by atoms with E-state index in [0.717, 1.165) is 10.8 Å². The van der Waals surface area contributed by atoms with Crippen molar-refractivity contribution in [1.29, 1.82) is 0 Å². The van der Waals surface area contributed by atoms with E-state index in [4.69, 9.17) is 0 Å². The van der Waals surface area contributed by atoms with E-state index in [1.807, 2.05) is 18.2 Å². The third kappa shape index (κ3) is 3.51. The molecule has 0 spiro atoms. The van der Waals surface area contributed by atoms with Crippen molar-refractivity contribution in [2.24, 2.45) is 0 Å². The lowest BCUT2D eigenvalue weighted by Crippen LogP contribution is -2.27. The van der Waals surface area contributed by atoms with Crippen molar-refractivity contribution in [3.63, 3.8) is 0 Å². The molecule has 0 fully saturated rings. The number of nitrogens with zero attached hydrogens (tertiary/aromatic N) is 1. The van der Waals surface area contributed by atoms with Crippen molar-refractivity contribution < 1.29 is 9.59 Å². The highest BCUT2D eigenvalue weighted by Gasteiger charge is 2.05. The van der Waals surface area contributed by atoms with Gasteiger partial charge < -0.3 is 10.6 Å². The number of hydrogen-bond donors (Lipinski definition) is 2. The summed E-state index contributed by atoms with van der Waals surface area (Å²) in [4.78, 5) is 26.0. The molecule has 0 aliphatic rings. The second kappa shape index (κ2) is 6.49. The van der Waals surface area contributed by atoms with Crippen LogP contribution in [0.1, 0.15) is 16.8 Å². The summed E-state index contributed by atoms with van der Waals surface area (Å²) in [6.07, 6.45) is 4.83. The van der Waals surface area contributed by atoms with Crippen LogP contribution in [-0.4, -0.2) is 30.4 Å². The van der Waals surface area contributed by atoms with E-state index in [2.05, 4.69) is 15.6 Å². The Balaban J connectivity index is 1.95. The smallest absolute Gasteiger partial charge is 0.251 e. The normalized spacial score (nSPS) is 10.1. The molecule has 0 aliphatic carbocycles. The molecule has 2 amide bonds. The number of hydrogen-bond acceptors (Lipinski definition) is 3. The highest BCUT2D eigenvalue weighted by Crippen LogP contribution is 2.14. The van der Waals surface area contributed by atoms with Gasteiger partial charge in [0.25, 0.3) is 5.91 Å². The number of aromatic nitrogens is 1. The Hall–Kier alpha value is -2.43. The Bertz CT molecular complexity index is 584. The minimum Gasteiger partial charge on any atom is -0.359 e. The van der Waals surface area contributed by atoms with Gasteiger partial charge in [0.1, 0.15) is 0 Å². The largest absolute Gasteiger partial charge is 0.359 e. The Labute approximate surface area is 111 Å². The SMILES string of the molecule is O=CNCCCNC(=O)c1ccc2cnccc2c1. The van der Waals surface area contributed by atoms with Crippen LogP contribution in [0.2, 0.25) is 0 Å². The summed E-state index contributed by atoms with van der Waals surface area (Å²) in [6, 6.07) is 7.38. The van der Waals surface area contributed by atoms with Crippen molar-refractivity contribution in [1.82, 2.24) is 15.6 Å². The predicted octanol–water partition coefficient (Wildman–Crippen LogP) is 1.10. The fourth-order valence-corrected chi connectivity index (χ4v) is 1.78. The van der Waals surface area contributed by atoms with Gasteiger partial charge in [-0.3, -0.25) is 14.6 Å². The number of pyridine rings is 1. The first kappa shape index (κ1) is 13.0. The molecular weight excluding hydrogens is 242 g/mol. The summed E-state index contributed by atoms with van der Waals surface area (Å²) in [5.74, 6) is -0.107. The first-order chi connectivity index (χ1) is 9.31. The zero-order valence-corrected chi connectivity index (χ0v) is 10.4. The number of benzene rings is 1. The number of rotatable bonds is 6. The Morgan fingerprint density at radius 1 is 1.21 bits per heavy atom. The molecule has 1 aromatic carbocycles. The summed E-state index contributed by atoms with van der Waals surface area (Å²) < 4.78 is 0. The van der Waals surface area contributed by atoms with E-state index >= 15 is 0 Å². The molecule has 0 bridgehead atoms. The molecule has 2 aromatic rings. The molecule has 19 heavy (non-hydrogen) atoms. The second-order valence-electron chi connectivity index (χ2n) is 4.12. The number of carbonyl (C=O) groups excluding carboxylic acids is 2. The standard InChI is InChI=1S/C14H15N3O2/c18-10-16-5-1-6-17-14(19)12-2-3-13-9-15-7-4-11(13)8-12/h2-4,7-10H,1,5-6H2,(H,16,18)(H,17,19). The third-order valence-electron chi connectivity index (χ3n) is 2.77. The van der Waals surface area contributed by atoms with Gasteiger partial charge in [-0.1, -0.05) is 6.07 Å². The molecule has 98 valence electrons. The second-order valence-corrected chi connectivity index (χ2v) is 4.12. The van der Waals surface area contributed by atoms with E-state index in [-0.39, 0.29) is 5.91 Å². The maximum atomic E-state index is 11.9. The molecule has 2 rings (SSSR count).